The lowest BCUT2D eigenvalue weighted by atomic mass is 9.97. The predicted molar refractivity (Wildman–Crippen MR) is 156 cm³/mol. The summed E-state index contributed by atoms with van der Waals surface area (Å²) in [5.41, 5.74) is 5.86. The van der Waals surface area contributed by atoms with Crippen LogP contribution in [0.25, 0.3) is 5.52 Å². The van der Waals surface area contributed by atoms with Crippen molar-refractivity contribution >= 4 is 32.8 Å². The van der Waals surface area contributed by atoms with E-state index >= 15 is 0 Å². The molecule has 2 aliphatic rings. The number of carbonyl (C=O) groups excluding carboxylic acids is 1. The average Bonchev–Trinajstić information content (AvgIpc) is 3.30. The molecular formula is C29H40N6O3S. The molecule has 0 bridgehead atoms. The summed E-state index contributed by atoms with van der Waals surface area (Å²) in [6.07, 6.45) is 5.91. The molecule has 0 unspecified atom stereocenters. The van der Waals surface area contributed by atoms with Crippen molar-refractivity contribution in [3.05, 3.63) is 58.9 Å². The molecule has 2 saturated heterocycles. The Morgan fingerprint density at radius 3 is 2.67 bits per heavy atom. The first-order valence-corrected chi connectivity index (χ1v) is 15.8. The van der Waals surface area contributed by atoms with E-state index in [1.54, 1.807) is 12.1 Å². The molecule has 2 fully saturated rings. The Kier molecular flexibility index (Phi) is 7.61. The van der Waals surface area contributed by atoms with Gasteiger partial charge in [-0.05, 0) is 68.9 Å². The molecule has 9 nitrogen and oxygen atoms in total. The van der Waals surface area contributed by atoms with Crippen molar-refractivity contribution in [3.63, 3.8) is 0 Å². The highest BCUT2D eigenvalue weighted by Crippen LogP contribution is 2.34. The summed E-state index contributed by atoms with van der Waals surface area (Å²) in [6, 6.07) is 9.84. The van der Waals surface area contributed by atoms with Crippen molar-refractivity contribution < 1.29 is 13.2 Å². The van der Waals surface area contributed by atoms with Gasteiger partial charge in [0.2, 0.25) is 10.0 Å². The molecule has 4 heterocycles. The number of nitrogens with zero attached hydrogens (tertiary/aromatic N) is 4. The third-order valence-electron chi connectivity index (χ3n) is 7.94. The topological polar surface area (TPSA) is 99.0 Å². The summed E-state index contributed by atoms with van der Waals surface area (Å²) in [5.74, 6) is 0.388. The van der Waals surface area contributed by atoms with Gasteiger partial charge < -0.3 is 15.1 Å². The summed E-state index contributed by atoms with van der Waals surface area (Å²) in [4.78, 5) is 18.2. The van der Waals surface area contributed by atoms with Gasteiger partial charge in [-0.25, -0.2) is 12.9 Å². The molecule has 2 aromatic heterocycles. The number of carbonyl (C=O) groups is 1. The van der Waals surface area contributed by atoms with Crippen LogP contribution in [0.3, 0.4) is 0 Å². The molecule has 0 saturated carbocycles. The molecule has 0 aliphatic carbocycles. The number of hydrogen-bond acceptors (Lipinski definition) is 6. The lowest BCUT2D eigenvalue weighted by molar-refractivity contribution is 0.0606. The van der Waals surface area contributed by atoms with Crippen LogP contribution in [0.15, 0.2) is 36.5 Å². The minimum Gasteiger partial charge on any atom is -0.368 e. The number of nitrogens with one attached hydrogen (secondary N) is 2. The number of anilines is 2. The zero-order valence-corrected chi connectivity index (χ0v) is 24.4. The second kappa shape index (κ2) is 10.8. The normalized spacial score (nSPS) is 20.6. The van der Waals surface area contributed by atoms with Gasteiger partial charge in [0.25, 0.3) is 5.91 Å². The maximum atomic E-state index is 13.9. The van der Waals surface area contributed by atoms with E-state index in [0.29, 0.717) is 29.8 Å². The summed E-state index contributed by atoms with van der Waals surface area (Å²) in [6.45, 7) is 12.1. The number of pyridine rings is 1. The molecule has 0 spiro atoms. The van der Waals surface area contributed by atoms with Gasteiger partial charge in [0.15, 0.2) is 0 Å². The van der Waals surface area contributed by atoms with Gasteiger partial charge in [-0.3, -0.25) is 9.52 Å². The van der Waals surface area contributed by atoms with Gasteiger partial charge in [-0.1, -0.05) is 25.5 Å². The zero-order valence-electron chi connectivity index (χ0n) is 23.6. The molecule has 210 valence electrons. The summed E-state index contributed by atoms with van der Waals surface area (Å²) < 4.78 is 28.4. The van der Waals surface area contributed by atoms with E-state index in [4.69, 9.17) is 5.10 Å². The number of amides is 1. The minimum absolute atomic E-state index is 0.175. The number of benzene rings is 1. The monoisotopic (exact) mass is 552 g/mol. The highest BCUT2D eigenvalue weighted by atomic mass is 32.2. The zero-order chi connectivity index (χ0) is 27.9. The van der Waals surface area contributed by atoms with E-state index in [2.05, 4.69) is 54.0 Å². The van der Waals surface area contributed by atoms with Crippen molar-refractivity contribution in [2.75, 3.05) is 42.1 Å². The van der Waals surface area contributed by atoms with Crippen LogP contribution in [0.2, 0.25) is 0 Å². The van der Waals surface area contributed by atoms with Crippen LogP contribution >= 0.6 is 0 Å². The maximum Gasteiger partial charge on any atom is 0.256 e. The molecule has 2 aliphatic heterocycles. The van der Waals surface area contributed by atoms with E-state index in [0.717, 1.165) is 61.9 Å². The van der Waals surface area contributed by atoms with E-state index in [-0.39, 0.29) is 11.9 Å². The standard InChI is InChI=1S/C29H40N6O3S/c1-19(2)26-18-33(13-11-30-26)28-16-22-15-25(31-35(22)17-21(28)4)27-8-6-7-12-34(27)29(36)23-14-20(3)9-10-24(23)32-39(5,37)38/h9-10,14-17,19,26-27,30,32H,6-8,11-13,18H2,1-5H3/t26-,27+/m1/s1. The molecule has 1 amide bonds. The van der Waals surface area contributed by atoms with E-state index < -0.39 is 10.0 Å². The number of fused-ring (bicyclic) bond motifs is 1. The molecule has 3 aromatic rings. The lowest BCUT2D eigenvalue weighted by Crippen LogP contribution is -2.53. The Bertz CT molecular complexity index is 1480. The third-order valence-corrected chi connectivity index (χ3v) is 8.54. The van der Waals surface area contributed by atoms with Crippen molar-refractivity contribution in [2.45, 2.75) is 59.0 Å². The quantitative estimate of drug-likeness (QED) is 0.477. The van der Waals surface area contributed by atoms with Crippen molar-refractivity contribution in [2.24, 2.45) is 5.92 Å². The van der Waals surface area contributed by atoms with Gasteiger partial charge >= 0.3 is 0 Å². The summed E-state index contributed by atoms with van der Waals surface area (Å²) in [7, 11) is -3.53. The number of sulfonamides is 1. The Morgan fingerprint density at radius 2 is 1.92 bits per heavy atom. The Morgan fingerprint density at radius 1 is 1.13 bits per heavy atom. The van der Waals surface area contributed by atoms with Crippen LogP contribution in [0, 0.1) is 19.8 Å². The molecule has 5 rings (SSSR count). The Labute approximate surface area is 231 Å². The summed E-state index contributed by atoms with van der Waals surface area (Å²) >= 11 is 0. The molecule has 2 N–H and O–H groups in total. The van der Waals surface area contributed by atoms with Gasteiger partial charge in [-0.15, -0.1) is 0 Å². The van der Waals surface area contributed by atoms with E-state index in [9.17, 15) is 13.2 Å². The number of piperazine rings is 1. The number of rotatable bonds is 6. The molecule has 2 atom stereocenters. The maximum absolute atomic E-state index is 13.9. The second-order valence-corrected chi connectivity index (χ2v) is 13.2. The third kappa shape index (κ3) is 5.91. The number of likely N-dealkylation sites (tertiary alicyclic amines) is 1. The largest absolute Gasteiger partial charge is 0.368 e. The van der Waals surface area contributed by atoms with Crippen LogP contribution in [-0.2, 0) is 10.0 Å². The fraction of sp³-hybridized carbons (Fsp3) is 0.517. The smallest absolute Gasteiger partial charge is 0.256 e. The van der Waals surface area contributed by atoms with E-state index in [1.165, 1.54) is 11.3 Å². The first-order chi connectivity index (χ1) is 18.5. The lowest BCUT2D eigenvalue weighted by Gasteiger charge is -2.37. The SMILES string of the molecule is Cc1ccc(NS(C)(=O)=O)c(C(=O)N2CCCC[C@H]2c2cc3cc(N4CCN[C@@H](C(C)C)C4)c(C)cn3n2)c1. The molecule has 10 heteroatoms. The van der Waals surface area contributed by atoms with E-state index in [1.807, 2.05) is 22.4 Å². The first kappa shape index (κ1) is 27.5. The molecule has 39 heavy (non-hydrogen) atoms. The van der Waals surface area contributed by atoms with Crippen LogP contribution in [0.1, 0.15) is 66.3 Å². The fourth-order valence-corrected chi connectivity index (χ4v) is 6.43. The first-order valence-electron chi connectivity index (χ1n) is 13.9. The number of aromatic nitrogens is 2. The van der Waals surface area contributed by atoms with Crippen LogP contribution in [0.4, 0.5) is 11.4 Å². The number of hydrogen-bond donors (Lipinski definition) is 2. The molecular weight excluding hydrogens is 512 g/mol. The van der Waals surface area contributed by atoms with Crippen molar-refractivity contribution in [1.82, 2.24) is 19.8 Å². The minimum atomic E-state index is -3.53. The Hall–Kier alpha value is -3.11. The van der Waals surface area contributed by atoms with Crippen LogP contribution in [-0.4, -0.2) is 67.3 Å². The van der Waals surface area contributed by atoms with Crippen LogP contribution in [0.5, 0.6) is 0 Å². The van der Waals surface area contributed by atoms with Gasteiger partial charge in [0, 0.05) is 44.1 Å². The summed E-state index contributed by atoms with van der Waals surface area (Å²) in [5, 5.41) is 8.57. The van der Waals surface area contributed by atoms with Gasteiger partial charge in [-0.2, -0.15) is 5.10 Å². The van der Waals surface area contributed by atoms with Gasteiger partial charge in [0.1, 0.15) is 0 Å². The van der Waals surface area contributed by atoms with Crippen LogP contribution < -0.4 is 14.9 Å². The highest BCUT2D eigenvalue weighted by molar-refractivity contribution is 7.92. The highest BCUT2D eigenvalue weighted by Gasteiger charge is 2.32. The Balaban J connectivity index is 1.46. The molecule has 0 radical (unpaired) electrons. The number of aryl methyl sites for hydroxylation is 2. The predicted octanol–water partition coefficient (Wildman–Crippen LogP) is 4.12. The molecule has 1 aromatic carbocycles. The van der Waals surface area contributed by atoms with Crippen molar-refractivity contribution in [3.8, 4) is 0 Å². The van der Waals surface area contributed by atoms with Gasteiger partial charge in [0.05, 0.1) is 34.8 Å². The second-order valence-electron chi connectivity index (χ2n) is 11.5. The van der Waals surface area contributed by atoms with Crippen molar-refractivity contribution in [1.29, 1.82) is 0 Å². The number of piperidine rings is 1. The average molecular weight is 553 g/mol. The fourth-order valence-electron chi connectivity index (χ4n) is 5.85.